The van der Waals surface area contributed by atoms with Gasteiger partial charge in [0.2, 0.25) is 5.91 Å². The van der Waals surface area contributed by atoms with Crippen LogP contribution in [0.2, 0.25) is 0 Å². The fraction of sp³-hybridized carbons (Fsp3) is 0.600. The molecule has 1 amide bonds. The highest BCUT2D eigenvalue weighted by Crippen LogP contribution is 2.04. The fourth-order valence-corrected chi connectivity index (χ4v) is 1.14. The topological polar surface area (TPSA) is 38.1 Å². The molecule has 77 valence electrons. The van der Waals surface area contributed by atoms with Gasteiger partial charge in [-0.3, -0.25) is 4.79 Å². The van der Waals surface area contributed by atoms with Crippen LogP contribution in [0.15, 0.2) is 0 Å². The van der Waals surface area contributed by atoms with Gasteiger partial charge in [0.25, 0.3) is 0 Å². The molecule has 0 aliphatic heterocycles. The Balaban J connectivity index is 2.54. The second-order valence-corrected chi connectivity index (χ2v) is 3.57. The summed E-state index contributed by atoms with van der Waals surface area (Å²) in [7, 11) is 3.52. The summed E-state index contributed by atoms with van der Waals surface area (Å²) in [5, 5.41) is 0. The van der Waals surface area contributed by atoms with Crippen molar-refractivity contribution >= 4 is 5.91 Å². The molecule has 14 heavy (non-hydrogen) atoms. The predicted molar refractivity (Wildman–Crippen MR) is 53.8 cm³/mol. The van der Waals surface area contributed by atoms with Crippen molar-refractivity contribution in [2.45, 2.75) is 26.8 Å². The summed E-state index contributed by atoms with van der Waals surface area (Å²) in [6.07, 6.45) is 3.36. The molecule has 4 heteroatoms. The lowest BCUT2D eigenvalue weighted by atomic mass is 10.3. The third kappa shape index (κ3) is 2.34. The predicted octanol–water partition coefficient (Wildman–Crippen LogP) is 0.778. The lowest BCUT2D eigenvalue weighted by Gasteiger charge is -2.10. The van der Waals surface area contributed by atoms with Crippen LogP contribution in [0, 0.1) is 20.2 Å². The first-order valence-corrected chi connectivity index (χ1v) is 4.64. The first-order chi connectivity index (χ1) is 6.52. The van der Waals surface area contributed by atoms with E-state index in [0.29, 0.717) is 13.0 Å². The minimum atomic E-state index is 0.129. The monoisotopic (exact) mass is 194 g/mol. The molecule has 0 saturated heterocycles. The molecular weight excluding hydrogens is 178 g/mol. The van der Waals surface area contributed by atoms with E-state index in [4.69, 9.17) is 0 Å². The summed E-state index contributed by atoms with van der Waals surface area (Å²) in [5.74, 6) is 0.129. The Hall–Kier alpha value is -1.32. The molecule has 0 spiro atoms. The summed E-state index contributed by atoms with van der Waals surface area (Å²) < 4.78 is 1.89. The minimum Gasteiger partial charge on any atom is -0.349 e. The van der Waals surface area contributed by atoms with Gasteiger partial charge >= 0.3 is 0 Å². The Kier molecular flexibility index (Phi) is 3.28. The van der Waals surface area contributed by atoms with Crippen LogP contribution in [-0.4, -0.2) is 34.5 Å². The van der Waals surface area contributed by atoms with E-state index in [1.165, 1.54) is 0 Å². The Morgan fingerprint density at radius 2 is 2.14 bits per heavy atom. The molecule has 4 nitrogen and oxygen atoms in total. The van der Waals surface area contributed by atoms with Gasteiger partial charge in [-0.15, -0.1) is 0 Å². The van der Waals surface area contributed by atoms with Gasteiger partial charge in [-0.1, -0.05) is 0 Å². The van der Waals surface area contributed by atoms with Crippen molar-refractivity contribution in [1.82, 2.24) is 14.5 Å². The summed E-state index contributed by atoms with van der Waals surface area (Å²) >= 11 is 0. The number of nitrogens with zero attached hydrogens (tertiary/aromatic N) is 3. The van der Waals surface area contributed by atoms with Gasteiger partial charge in [0, 0.05) is 32.8 Å². The van der Waals surface area contributed by atoms with E-state index < -0.39 is 0 Å². The van der Waals surface area contributed by atoms with Crippen molar-refractivity contribution in [2.24, 2.45) is 0 Å². The molecule has 0 saturated carbocycles. The molecule has 0 aliphatic rings. The summed E-state index contributed by atoms with van der Waals surface area (Å²) in [6.45, 7) is 4.58. The van der Waals surface area contributed by atoms with Crippen LogP contribution < -0.4 is 0 Å². The van der Waals surface area contributed by atoms with E-state index >= 15 is 0 Å². The minimum absolute atomic E-state index is 0.129. The molecule has 0 aliphatic carbocycles. The van der Waals surface area contributed by atoms with Gasteiger partial charge in [0.15, 0.2) is 6.33 Å². The maximum atomic E-state index is 11.3. The van der Waals surface area contributed by atoms with Gasteiger partial charge in [-0.2, -0.15) is 0 Å². The van der Waals surface area contributed by atoms with Gasteiger partial charge in [0.1, 0.15) is 0 Å². The van der Waals surface area contributed by atoms with Crippen molar-refractivity contribution in [3.8, 4) is 0 Å². The van der Waals surface area contributed by atoms with E-state index in [1.807, 2.05) is 18.4 Å². The Morgan fingerprint density at radius 3 is 2.57 bits per heavy atom. The highest BCUT2D eigenvalue weighted by atomic mass is 16.2. The number of aryl methyl sites for hydroxylation is 2. The van der Waals surface area contributed by atoms with Gasteiger partial charge in [-0.25, -0.2) is 4.98 Å². The highest BCUT2D eigenvalue weighted by Gasteiger charge is 2.06. The maximum absolute atomic E-state index is 11.3. The average molecular weight is 194 g/mol. The molecule has 0 fully saturated rings. The standard InChI is InChI=1S/C10H16N3O/c1-8-9(2)13(7-11-8)6-5-10(14)12(3)4/h5-6H2,1-4H3. The lowest BCUT2D eigenvalue weighted by molar-refractivity contribution is -0.128. The zero-order valence-corrected chi connectivity index (χ0v) is 9.16. The zero-order valence-electron chi connectivity index (χ0n) is 9.16. The van der Waals surface area contributed by atoms with Gasteiger partial charge < -0.3 is 9.47 Å². The molecule has 0 N–H and O–H groups in total. The van der Waals surface area contributed by atoms with Gasteiger partial charge in [0.05, 0.1) is 5.69 Å². The maximum Gasteiger partial charge on any atom is 0.223 e. The van der Waals surface area contributed by atoms with E-state index in [-0.39, 0.29) is 5.91 Å². The Bertz CT molecular complexity index is 328. The van der Waals surface area contributed by atoms with E-state index in [2.05, 4.69) is 11.3 Å². The van der Waals surface area contributed by atoms with Crippen molar-refractivity contribution < 1.29 is 4.79 Å². The SMILES string of the molecule is Cc1n[c]n(CCC(=O)N(C)C)c1C. The molecule has 1 aromatic heterocycles. The number of carbonyl (C=O) groups excluding carboxylic acids is 1. The smallest absolute Gasteiger partial charge is 0.223 e. The van der Waals surface area contributed by atoms with E-state index in [9.17, 15) is 4.79 Å². The molecule has 1 radical (unpaired) electrons. The van der Waals surface area contributed by atoms with Crippen LogP contribution in [-0.2, 0) is 11.3 Å². The quantitative estimate of drug-likeness (QED) is 0.713. The zero-order chi connectivity index (χ0) is 10.7. The Labute approximate surface area is 84.5 Å². The molecule has 1 aromatic rings. The number of aromatic nitrogens is 2. The van der Waals surface area contributed by atoms with Gasteiger partial charge in [-0.05, 0) is 13.8 Å². The molecule has 0 aromatic carbocycles. The first kappa shape index (κ1) is 10.8. The third-order valence-corrected chi connectivity index (χ3v) is 2.31. The fourth-order valence-electron chi connectivity index (χ4n) is 1.14. The summed E-state index contributed by atoms with van der Waals surface area (Å²) in [5.41, 5.74) is 2.05. The van der Waals surface area contributed by atoms with Crippen LogP contribution >= 0.6 is 0 Å². The molecule has 0 unspecified atom stereocenters. The highest BCUT2D eigenvalue weighted by molar-refractivity contribution is 5.75. The van der Waals surface area contributed by atoms with E-state index in [1.54, 1.807) is 19.0 Å². The molecule has 1 heterocycles. The number of hydrogen-bond acceptors (Lipinski definition) is 2. The van der Waals surface area contributed by atoms with E-state index in [0.717, 1.165) is 11.4 Å². The number of imidazole rings is 1. The van der Waals surface area contributed by atoms with Crippen LogP contribution in [0.4, 0.5) is 0 Å². The van der Waals surface area contributed by atoms with Crippen molar-refractivity contribution in [1.29, 1.82) is 0 Å². The summed E-state index contributed by atoms with van der Waals surface area (Å²) in [4.78, 5) is 17.0. The Morgan fingerprint density at radius 1 is 1.50 bits per heavy atom. The average Bonchev–Trinajstić information content (AvgIpc) is 2.44. The lowest BCUT2D eigenvalue weighted by Crippen LogP contribution is -2.23. The van der Waals surface area contributed by atoms with Crippen molar-refractivity contribution in [3.05, 3.63) is 17.7 Å². The number of amides is 1. The van der Waals surface area contributed by atoms with Crippen LogP contribution in [0.25, 0.3) is 0 Å². The molecular formula is C10H16N3O. The molecule has 0 atom stereocenters. The van der Waals surface area contributed by atoms with Crippen molar-refractivity contribution in [2.75, 3.05) is 14.1 Å². The van der Waals surface area contributed by atoms with Crippen LogP contribution in [0.1, 0.15) is 17.8 Å². The van der Waals surface area contributed by atoms with Crippen molar-refractivity contribution in [3.63, 3.8) is 0 Å². The summed E-state index contributed by atoms with van der Waals surface area (Å²) in [6, 6.07) is 0. The van der Waals surface area contributed by atoms with Crippen LogP contribution in [0.3, 0.4) is 0 Å². The number of carbonyl (C=O) groups is 1. The second kappa shape index (κ2) is 4.26. The number of rotatable bonds is 3. The largest absolute Gasteiger partial charge is 0.349 e. The molecule has 0 bridgehead atoms. The third-order valence-electron chi connectivity index (χ3n) is 2.31. The number of hydrogen-bond donors (Lipinski definition) is 0. The normalized spacial score (nSPS) is 10.3. The first-order valence-electron chi connectivity index (χ1n) is 4.64. The second-order valence-electron chi connectivity index (χ2n) is 3.57. The van der Waals surface area contributed by atoms with Crippen LogP contribution in [0.5, 0.6) is 0 Å². The molecule has 1 rings (SSSR count).